The van der Waals surface area contributed by atoms with Gasteiger partial charge in [-0.05, 0) is 31.6 Å². The van der Waals surface area contributed by atoms with Gasteiger partial charge in [0.05, 0.1) is 12.0 Å². The maximum absolute atomic E-state index is 12.4. The quantitative estimate of drug-likeness (QED) is 0.615. The van der Waals surface area contributed by atoms with Gasteiger partial charge in [0.25, 0.3) is 0 Å². The molecule has 0 saturated heterocycles. The van der Waals surface area contributed by atoms with Gasteiger partial charge in [0.2, 0.25) is 0 Å². The molecule has 0 amide bonds. The summed E-state index contributed by atoms with van der Waals surface area (Å²) in [4.78, 5) is 12.4. The standard InChI is InChI=1S/C16H30O2/c1-4-12-18-15(17)16(10-8-7-9-11-16)13-14(5-2)6-3/h14H,4-13H2,1-3H3. The van der Waals surface area contributed by atoms with Crippen LogP contribution in [0.25, 0.3) is 0 Å². The molecule has 0 aromatic heterocycles. The molecule has 0 aromatic carbocycles. The lowest BCUT2D eigenvalue weighted by atomic mass is 9.68. The first-order valence-corrected chi connectivity index (χ1v) is 7.85. The van der Waals surface area contributed by atoms with Crippen molar-refractivity contribution in [3.8, 4) is 0 Å². The minimum absolute atomic E-state index is 0.0935. The van der Waals surface area contributed by atoms with Crippen molar-refractivity contribution in [2.75, 3.05) is 6.61 Å². The number of carbonyl (C=O) groups is 1. The van der Waals surface area contributed by atoms with Gasteiger partial charge in [-0.2, -0.15) is 0 Å². The first-order chi connectivity index (χ1) is 8.68. The van der Waals surface area contributed by atoms with Gasteiger partial charge < -0.3 is 4.74 Å². The lowest BCUT2D eigenvalue weighted by Crippen LogP contribution is -2.37. The molecule has 0 aliphatic heterocycles. The third-order valence-corrected chi connectivity index (χ3v) is 4.52. The maximum Gasteiger partial charge on any atom is 0.312 e. The topological polar surface area (TPSA) is 26.3 Å². The first kappa shape index (κ1) is 15.5. The summed E-state index contributed by atoms with van der Waals surface area (Å²) >= 11 is 0. The van der Waals surface area contributed by atoms with Crippen molar-refractivity contribution in [1.82, 2.24) is 0 Å². The molecule has 1 aliphatic carbocycles. The van der Waals surface area contributed by atoms with Gasteiger partial charge in [-0.1, -0.05) is 52.9 Å². The molecule has 0 atom stereocenters. The Bertz CT molecular complexity index is 237. The molecule has 1 rings (SSSR count). The summed E-state index contributed by atoms with van der Waals surface area (Å²) in [5.74, 6) is 0.772. The lowest BCUT2D eigenvalue weighted by Gasteiger charge is -2.37. The van der Waals surface area contributed by atoms with E-state index in [1.165, 1.54) is 32.1 Å². The minimum Gasteiger partial charge on any atom is -0.465 e. The second-order valence-corrected chi connectivity index (χ2v) is 5.86. The molecular weight excluding hydrogens is 224 g/mol. The molecule has 0 radical (unpaired) electrons. The van der Waals surface area contributed by atoms with Gasteiger partial charge in [-0.25, -0.2) is 0 Å². The van der Waals surface area contributed by atoms with Crippen molar-refractivity contribution in [2.24, 2.45) is 11.3 Å². The number of hydrogen-bond donors (Lipinski definition) is 0. The maximum atomic E-state index is 12.4. The van der Waals surface area contributed by atoms with Crippen LogP contribution in [0.2, 0.25) is 0 Å². The third-order valence-electron chi connectivity index (χ3n) is 4.52. The highest BCUT2D eigenvalue weighted by atomic mass is 16.5. The summed E-state index contributed by atoms with van der Waals surface area (Å²) in [5, 5.41) is 0. The van der Waals surface area contributed by atoms with Gasteiger partial charge in [0.1, 0.15) is 0 Å². The van der Waals surface area contributed by atoms with E-state index in [9.17, 15) is 4.79 Å². The zero-order valence-electron chi connectivity index (χ0n) is 12.5. The molecule has 1 fully saturated rings. The molecule has 0 heterocycles. The van der Waals surface area contributed by atoms with Gasteiger partial charge >= 0.3 is 5.97 Å². The first-order valence-electron chi connectivity index (χ1n) is 7.85. The van der Waals surface area contributed by atoms with Crippen molar-refractivity contribution >= 4 is 5.97 Å². The van der Waals surface area contributed by atoms with E-state index in [4.69, 9.17) is 4.74 Å². The Morgan fingerprint density at radius 2 is 1.72 bits per heavy atom. The average Bonchev–Trinajstić information content (AvgIpc) is 2.43. The van der Waals surface area contributed by atoms with Crippen LogP contribution in [0.15, 0.2) is 0 Å². The van der Waals surface area contributed by atoms with Crippen molar-refractivity contribution in [3.05, 3.63) is 0 Å². The normalized spacial score (nSPS) is 18.9. The molecule has 2 heteroatoms. The van der Waals surface area contributed by atoms with E-state index in [1.54, 1.807) is 0 Å². The van der Waals surface area contributed by atoms with Crippen LogP contribution < -0.4 is 0 Å². The Labute approximate surface area is 112 Å². The van der Waals surface area contributed by atoms with Gasteiger partial charge in [0, 0.05) is 0 Å². The Hall–Kier alpha value is -0.530. The number of ether oxygens (including phenoxy) is 1. The largest absolute Gasteiger partial charge is 0.465 e. The highest BCUT2D eigenvalue weighted by Gasteiger charge is 2.41. The van der Waals surface area contributed by atoms with E-state index >= 15 is 0 Å². The van der Waals surface area contributed by atoms with Crippen LogP contribution in [0.5, 0.6) is 0 Å². The highest BCUT2D eigenvalue weighted by Crippen LogP contribution is 2.43. The minimum atomic E-state index is -0.149. The zero-order chi connectivity index (χ0) is 13.4. The summed E-state index contributed by atoms with van der Waals surface area (Å²) in [6.45, 7) is 7.12. The number of carbonyl (C=O) groups excluding carboxylic acids is 1. The molecule has 106 valence electrons. The third kappa shape index (κ3) is 4.00. The van der Waals surface area contributed by atoms with Crippen LogP contribution in [0.4, 0.5) is 0 Å². The number of rotatable bonds is 7. The molecule has 0 N–H and O–H groups in total. The van der Waals surface area contributed by atoms with E-state index in [2.05, 4.69) is 20.8 Å². The summed E-state index contributed by atoms with van der Waals surface area (Å²) in [6, 6.07) is 0. The SMILES string of the molecule is CCCOC(=O)C1(CC(CC)CC)CCCCC1. The molecular formula is C16H30O2. The Morgan fingerprint density at radius 1 is 1.11 bits per heavy atom. The van der Waals surface area contributed by atoms with Crippen LogP contribution in [0.1, 0.15) is 78.6 Å². The fraction of sp³-hybridized carbons (Fsp3) is 0.938. The predicted molar refractivity (Wildman–Crippen MR) is 75.5 cm³/mol. The van der Waals surface area contributed by atoms with Crippen LogP contribution in [0, 0.1) is 11.3 Å². The van der Waals surface area contributed by atoms with E-state index < -0.39 is 0 Å². The van der Waals surface area contributed by atoms with Crippen molar-refractivity contribution < 1.29 is 9.53 Å². The predicted octanol–water partition coefficient (Wildman–Crippen LogP) is 4.72. The molecule has 0 spiro atoms. The fourth-order valence-electron chi connectivity index (χ4n) is 3.20. The van der Waals surface area contributed by atoms with Crippen LogP contribution in [-0.4, -0.2) is 12.6 Å². The summed E-state index contributed by atoms with van der Waals surface area (Å²) in [5.41, 5.74) is -0.149. The molecule has 1 aliphatic rings. The fourth-order valence-corrected chi connectivity index (χ4v) is 3.20. The van der Waals surface area contributed by atoms with Gasteiger partial charge in [-0.15, -0.1) is 0 Å². The van der Waals surface area contributed by atoms with Crippen LogP contribution in [0.3, 0.4) is 0 Å². The van der Waals surface area contributed by atoms with E-state index in [-0.39, 0.29) is 11.4 Å². The van der Waals surface area contributed by atoms with Crippen LogP contribution in [-0.2, 0) is 9.53 Å². The summed E-state index contributed by atoms with van der Waals surface area (Å²) in [6.07, 6.45) is 10.1. The number of hydrogen-bond acceptors (Lipinski definition) is 2. The van der Waals surface area contributed by atoms with E-state index in [0.29, 0.717) is 12.5 Å². The van der Waals surface area contributed by atoms with Crippen molar-refractivity contribution in [3.63, 3.8) is 0 Å². The second-order valence-electron chi connectivity index (χ2n) is 5.86. The zero-order valence-corrected chi connectivity index (χ0v) is 12.5. The summed E-state index contributed by atoms with van der Waals surface area (Å²) < 4.78 is 5.48. The molecule has 0 unspecified atom stereocenters. The molecule has 1 saturated carbocycles. The average molecular weight is 254 g/mol. The lowest BCUT2D eigenvalue weighted by molar-refractivity contribution is -0.159. The monoisotopic (exact) mass is 254 g/mol. The second kappa shape index (κ2) is 7.81. The van der Waals surface area contributed by atoms with Gasteiger partial charge in [0.15, 0.2) is 0 Å². The van der Waals surface area contributed by atoms with Gasteiger partial charge in [-0.3, -0.25) is 4.79 Å². The Balaban J connectivity index is 2.70. The Kier molecular flexibility index (Phi) is 6.73. The molecule has 2 nitrogen and oxygen atoms in total. The summed E-state index contributed by atoms with van der Waals surface area (Å²) in [7, 11) is 0. The van der Waals surface area contributed by atoms with Crippen molar-refractivity contribution in [2.45, 2.75) is 78.6 Å². The van der Waals surface area contributed by atoms with E-state index in [1.807, 2.05) is 0 Å². The van der Waals surface area contributed by atoms with Crippen LogP contribution >= 0.6 is 0 Å². The smallest absolute Gasteiger partial charge is 0.312 e. The van der Waals surface area contributed by atoms with E-state index in [0.717, 1.165) is 25.7 Å². The van der Waals surface area contributed by atoms with Crippen molar-refractivity contribution in [1.29, 1.82) is 0 Å². The number of esters is 1. The molecule has 18 heavy (non-hydrogen) atoms. The molecule has 0 aromatic rings. The molecule has 0 bridgehead atoms. The highest BCUT2D eigenvalue weighted by molar-refractivity contribution is 5.77. The Morgan fingerprint density at radius 3 is 2.22 bits per heavy atom.